The molecule has 1 fully saturated rings. The number of amides is 1. The Morgan fingerprint density at radius 2 is 2.29 bits per heavy atom. The molecule has 6 nitrogen and oxygen atoms in total. The number of anilines is 1. The van der Waals surface area contributed by atoms with Gasteiger partial charge in [0.25, 0.3) is 0 Å². The minimum absolute atomic E-state index is 0.217. The van der Waals surface area contributed by atoms with Gasteiger partial charge in [0.15, 0.2) is 0 Å². The summed E-state index contributed by atoms with van der Waals surface area (Å²) in [6.07, 6.45) is 1.83. The second-order valence-corrected chi connectivity index (χ2v) is 6.36. The van der Waals surface area contributed by atoms with Crippen LogP contribution in [0.15, 0.2) is 18.3 Å². The molecule has 0 saturated carbocycles. The van der Waals surface area contributed by atoms with E-state index in [1.54, 1.807) is 12.3 Å². The molecule has 0 aromatic carbocycles. The number of carbonyl (C=O) groups is 1. The first-order chi connectivity index (χ1) is 9.82. The van der Waals surface area contributed by atoms with E-state index in [0.29, 0.717) is 12.4 Å². The summed E-state index contributed by atoms with van der Waals surface area (Å²) in [5.41, 5.74) is 0.527. The number of ether oxygens (including phenoxy) is 1. The number of β-amino-alcohol motifs (C(OH)–C–C–N with tert-alkyl or cyclic N) is 1. The van der Waals surface area contributed by atoms with Crippen molar-refractivity contribution in [2.75, 3.05) is 18.4 Å². The summed E-state index contributed by atoms with van der Waals surface area (Å²) in [5.74, 6) is 0.467. The monoisotopic (exact) mass is 293 g/mol. The Balaban J connectivity index is 1.85. The van der Waals surface area contributed by atoms with Gasteiger partial charge in [-0.05, 0) is 38.8 Å². The summed E-state index contributed by atoms with van der Waals surface area (Å²) in [5, 5.41) is 12.1. The highest BCUT2D eigenvalue weighted by Crippen LogP contribution is 2.14. The number of aliphatic hydroxyl groups is 1. The molecule has 1 aliphatic heterocycles. The molecule has 2 N–H and O–H groups in total. The minimum atomic E-state index is -0.527. The summed E-state index contributed by atoms with van der Waals surface area (Å²) >= 11 is 0. The van der Waals surface area contributed by atoms with Crippen LogP contribution in [0.1, 0.15) is 32.8 Å². The lowest BCUT2D eigenvalue weighted by Crippen LogP contribution is -2.27. The maximum absolute atomic E-state index is 11.6. The molecule has 1 aromatic heterocycles. The summed E-state index contributed by atoms with van der Waals surface area (Å²) in [7, 11) is 0. The van der Waals surface area contributed by atoms with Crippen molar-refractivity contribution in [2.24, 2.45) is 0 Å². The number of nitrogens with zero attached hydrogens (tertiary/aromatic N) is 2. The molecule has 116 valence electrons. The van der Waals surface area contributed by atoms with Gasteiger partial charge in [-0.15, -0.1) is 0 Å². The van der Waals surface area contributed by atoms with Crippen LogP contribution in [0, 0.1) is 0 Å². The lowest BCUT2D eigenvalue weighted by atomic mass is 10.2. The summed E-state index contributed by atoms with van der Waals surface area (Å²) in [6, 6.07) is 3.68. The van der Waals surface area contributed by atoms with Crippen LogP contribution in [-0.4, -0.2) is 45.9 Å². The Kier molecular flexibility index (Phi) is 4.80. The van der Waals surface area contributed by atoms with Gasteiger partial charge in [0, 0.05) is 25.8 Å². The Morgan fingerprint density at radius 3 is 2.81 bits per heavy atom. The molecule has 0 bridgehead atoms. The van der Waals surface area contributed by atoms with Crippen LogP contribution in [0.3, 0.4) is 0 Å². The number of aromatic nitrogens is 1. The van der Waals surface area contributed by atoms with Crippen LogP contribution >= 0.6 is 0 Å². The molecule has 0 aliphatic carbocycles. The zero-order valence-corrected chi connectivity index (χ0v) is 12.8. The Labute approximate surface area is 125 Å². The molecule has 1 atom stereocenters. The number of rotatable bonds is 3. The number of likely N-dealkylation sites (tertiary alicyclic amines) is 1. The van der Waals surface area contributed by atoms with Gasteiger partial charge in [0.2, 0.25) is 0 Å². The Morgan fingerprint density at radius 1 is 1.52 bits per heavy atom. The quantitative estimate of drug-likeness (QED) is 0.891. The van der Waals surface area contributed by atoms with Gasteiger partial charge in [-0.25, -0.2) is 9.78 Å². The van der Waals surface area contributed by atoms with Crippen LogP contribution < -0.4 is 5.32 Å². The van der Waals surface area contributed by atoms with Crippen LogP contribution in [0.2, 0.25) is 0 Å². The SMILES string of the molecule is CC(C)(C)OC(=O)Nc1ccc(CN2CCC(O)C2)cn1. The molecule has 2 rings (SSSR count). The lowest BCUT2D eigenvalue weighted by Gasteiger charge is -2.19. The first kappa shape index (κ1) is 15.7. The topological polar surface area (TPSA) is 74.7 Å². The second kappa shape index (κ2) is 6.41. The van der Waals surface area contributed by atoms with Gasteiger partial charge in [0.1, 0.15) is 11.4 Å². The van der Waals surface area contributed by atoms with E-state index in [9.17, 15) is 9.90 Å². The van der Waals surface area contributed by atoms with E-state index in [1.165, 1.54) is 0 Å². The van der Waals surface area contributed by atoms with Gasteiger partial charge >= 0.3 is 6.09 Å². The normalized spacial score (nSPS) is 19.5. The largest absolute Gasteiger partial charge is 0.444 e. The van der Waals surface area contributed by atoms with E-state index in [-0.39, 0.29) is 6.10 Å². The van der Waals surface area contributed by atoms with E-state index in [1.807, 2.05) is 26.8 Å². The molecule has 0 spiro atoms. The first-order valence-electron chi connectivity index (χ1n) is 7.17. The zero-order valence-electron chi connectivity index (χ0n) is 12.8. The Bertz CT molecular complexity index is 482. The molecular formula is C15H23N3O3. The number of carbonyl (C=O) groups excluding carboxylic acids is 1. The fourth-order valence-electron chi connectivity index (χ4n) is 2.21. The van der Waals surface area contributed by atoms with E-state index in [2.05, 4.69) is 15.2 Å². The summed E-state index contributed by atoms with van der Waals surface area (Å²) in [4.78, 5) is 18.0. The molecule has 2 heterocycles. The average molecular weight is 293 g/mol. The molecule has 0 radical (unpaired) electrons. The van der Waals surface area contributed by atoms with Gasteiger partial charge in [-0.3, -0.25) is 10.2 Å². The van der Waals surface area contributed by atoms with Gasteiger partial charge in [0.05, 0.1) is 6.10 Å². The maximum atomic E-state index is 11.6. The highest BCUT2D eigenvalue weighted by molar-refractivity contribution is 5.83. The third kappa shape index (κ3) is 5.32. The third-order valence-electron chi connectivity index (χ3n) is 3.11. The molecule has 1 saturated heterocycles. The molecule has 21 heavy (non-hydrogen) atoms. The fraction of sp³-hybridized carbons (Fsp3) is 0.600. The third-order valence-corrected chi connectivity index (χ3v) is 3.11. The molecular weight excluding hydrogens is 270 g/mol. The van der Waals surface area contributed by atoms with Gasteiger partial charge in [-0.2, -0.15) is 0 Å². The number of pyridine rings is 1. The van der Waals surface area contributed by atoms with Crippen LogP contribution in [0.5, 0.6) is 0 Å². The van der Waals surface area contributed by atoms with Crippen molar-refractivity contribution < 1.29 is 14.6 Å². The molecule has 1 amide bonds. The Hall–Kier alpha value is -1.66. The molecule has 1 aliphatic rings. The fourth-order valence-corrected chi connectivity index (χ4v) is 2.21. The standard InChI is InChI=1S/C15H23N3O3/c1-15(2,3)21-14(20)17-13-5-4-11(8-16-13)9-18-7-6-12(19)10-18/h4-5,8,12,19H,6-7,9-10H2,1-3H3,(H,16,17,20). The molecule has 1 aromatic rings. The molecule has 6 heteroatoms. The van der Waals surface area contributed by atoms with Crippen molar-refractivity contribution in [3.8, 4) is 0 Å². The van der Waals surface area contributed by atoms with Gasteiger partial charge < -0.3 is 9.84 Å². The van der Waals surface area contributed by atoms with Crippen molar-refractivity contribution in [1.82, 2.24) is 9.88 Å². The van der Waals surface area contributed by atoms with Crippen molar-refractivity contribution in [2.45, 2.75) is 45.4 Å². The predicted molar refractivity (Wildman–Crippen MR) is 80.0 cm³/mol. The summed E-state index contributed by atoms with van der Waals surface area (Å²) in [6.45, 7) is 7.81. The van der Waals surface area contributed by atoms with Crippen LogP contribution in [-0.2, 0) is 11.3 Å². The lowest BCUT2D eigenvalue weighted by molar-refractivity contribution is 0.0635. The number of aliphatic hydroxyl groups excluding tert-OH is 1. The van der Waals surface area contributed by atoms with E-state index < -0.39 is 11.7 Å². The predicted octanol–water partition coefficient (Wildman–Crippen LogP) is 2.00. The minimum Gasteiger partial charge on any atom is -0.444 e. The second-order valence-electron chi connectivity index (χ2n) is 6.36. The maximum Gasteiger partial charge on any atom is 0.413 e. The number of hydrogen-bond acceptors (Lipinski definition) is 5. The van der Waals surface area contributed by atoms with E-state index in [0.717, 1.165) is 25.1 Å². The van der Waals surface area contributed by atoms with Crippen LogP contribution in [0.25, 0.3) is 0 Å². The highest BCUT2D eigenvalue weighted by atomic mass is 16.6. The first-order valence-corrected chi connectivity index (χ1v) is 7.17. The van der Waals surface area contributed by atoms with Crippen molar-refractivity contribution >= 4 is 11.9 Å². The van der Waals surface area contributed by atoms with Gasteiger partial charge in [-0.1, -0.05) is 6.07 Å². The van der Waals surface area contributed by atoms with Crippen molar-refractivity contribution in [1.29, 1.82) is 0 Å². The van der Waals surface area contributed by atoms with Crippen LogP contribution in [0.4, 0.5) is 10.6 Å². The number of nitrogens with one attached hydrogen (secondary N) is 1. The van der Waals surface area contributed by atoms with Crippen molar-refractivity contribution in [3.63, 3.8) is 0 Å². The summed E-state index contributed by atoms with van der Waals surface area (Å²) < 4.78 is 5.17. The van der Waals surface area contributed by atoms with E-state index >= 15 is 0 Å². The van der Waals surface area contributed by atoms with Crippen molar-refractivity contribution in [3.05, 3.63) is 23.9 Å². The zero-order chi connectivity index (χ0) is 15.5. The van der Waals surface area contributed by atoms with E-state index in [4.69, 9.17) is 4.74 Å². The number of hydrogen-bond donors (Lipinski definition) is 2. The smallest absolute Gasteiger partial charge is 0.413 e. The average Bonchev–Trinajstić information content (AvgIpc) is 2.75. The molecule has 1 unspecified atom stereocenters. The highest BCUT2D eigenvalue weighted by Gasteiger charge is 2.20.